The summed E-state index contributed by atoms with van der Waals surface area (Å²) in [6.45, 7) is 14.1. The monoisotopic (exact) mass is 891 g/mol. The lowest BCUT2D eigenvalue weighted by atomic mass is 9.32. The molecule has 4 fully saturated rings. The van der Waals surface area contributed by atoms with Crippen LogP contribution in [0.4, 0.5) is 0 Å². The van der Waals surface area contributed by atoms with E-state index in [0.29, 0.717) is 38.5 Å². The van der Waals surface area contributed by atoms with Crippen LogP contribution in [-0.4, -0.2) is 42.7 Å². The van der Waals surface area contributed by atoms with Crippen LogP contribution in [0.25, 0.3) is 0 Å². The van der Waals surface area contributed by atoms with Crippen molar-refractivity contribution < 1.29 is 47.0 Å². The molecule has 0 aliphatic heterocycles. The molecular formula is C53H65NO11. The lowest BCUT2D eigenvalue weighted by Crippen LogP contribution is -2.70. The maximum Gasteiger partial charge on any atom is 0.519 e. The Labute approximate surface area is 381 Å². The molecule has 5 aliphatic rings. The minimum absolute atomic E-state index is 0.0194. The molecule has 0 spiro atoms. The second-order valence-corrected chi connectivity index (χ2v) is 21.2. The molecule has 1 heterocycles. The normalized spacial score (nSPS) is 35.0. The first-order valence-corrected chi connectivity index (χ1v) is 23.5. The summed E-state index contributed by atoms with van der Waals surface area (Å²) in [5.74, 6) is -3.56. The summed E-state index contributed by atoms with van der Waals surface area (Å²) in [5, 5.41) is 2.99. The number of hydrogen-bond donors (Lipinski definition) is 1. The van der Waals surface area contributed by atoms with E-state index in [1.807, 2.05) is 66.7 Å². The van der Waals surface area contributed by atoms with Gasteiger partial charge in [0.05, 0.1) is 17.9 Å². The maximum absolute atomic E-state index is 15.4. The number of aryl methyl sites for hydroxylation is 1. The van der Waals surface area contributed by atoms with Gasteiger partial charge in [-0.2, -0.15) is 0 Å². The number of benzene rings is 2. The molecule has 12 heteroatoms. The SMILES string of the molecule is CC[C@@]12CC[C@@]3(C)CC[C@](C)(C(=O)OC(c4ccccc4)c4ccccc4)C[C@H]3C1=CC(=O)[C@@H]1[C@@]3(C)CC[C@H](NC(=O)CC(=O)OC)[C@@](C)(C(=O)OCc4oc(=O)oc4C)C3CC[C@]12C. The van der Waals surface area contributed by atoms with Crippen LogP contribution >= 0.6 is 0 Å². The highest BCUT2D eigenvalue weighted by Crippen LogP contribution is 2.76. The van der Waals surface area contributed by atoms with Crippen molar-refractivity contribution in [2.75, 3.05) is 7.11 Å². The van der Waals surface area contributed by atoms with E-state index >= 15 is 4.79 Å². The molecule has 3 aromatic rings. The van der Waals surface area contributed by atoms with Gasteiger partial charge in [-0.05, 0) is 136 Å². The first-order valence-electron chi connectivity index (χ1n) is 23.5. The van der Waals surface area contributed by atoms with Crippen molar-refractivity contribution in [1.82, 2.24) is 5.32 Å². The van der Waals surface area contributed by atoms with Crippen molar-refractivity contribution in [3.05, 3.63) is 106 Å². The number of carbonyl (C=O) groups excluding carboxylic acids is 5. The number of hydrogen-bond acceptors (Lipinski definition) is 11. The van der Waals surface area contributed by atoms with Gasteiger partial charge in [0.1, 0.15) is 6.42 Å². The number of carbonyl (C=O) groups is 5. The Morgan fingerprint density at radius 3 is 2.06 bits per heavy atom. The summed E-state index contributed by atoms with van der Waals surface area (Å²) in [7, 11) is 1.21. The number of methoxy groups -OCH3 is 1. The van der Waals surface area contributed by atoms with E-state index in [1.165, 1.54) is 12.7 Å². The van der Waals surface area contributed by atoms with Crippen molar-refractivity contribution in [2.24, 2.45) is 50.2 Å². The molecule has 4 saturated carbocycles. The summed E-state index contributed by atoms with van der Waals surface area (Å²) in [6, 6.07) is 19.0. The fourth-order valence-corrected chi connectivity index (χ4v) is 14.2. The second kappa shape index (κ2) is 16.9. The van der Waals surface area contributed by atoms with Gasteiger partial charge in [-0.25, -0.2) is 4.79 Å². The maximum atomic E-state index is 15.4. The van der Waals surface area contributed by atoms with Crippen molar-refractivity contribution >= 4 is 29.6 Å². The van der Waals surface area contributed by atoms with E-state index in [-0.39, 0.29) is 46.6 Å². The number of allylic oxidation sites excluding steroid dienone is 2. The predicted octanol–water partition coefficient (Wildman–Crippen LogP) is 9.32. The number of amides is 1. The smallest absolute Gasteiger partial charge is 0.469 e. The molecule has 1 unspecified atom stereocenters. The van der Waals surface area contributed by atoms with Gasteiger partial charge in [0, 0.05) is 12.0 Å². The van der Waals surface area contributed by atoms with Crippen LogP contribution in [0.3, 0.4) is 0 Å². The van der Waals surface area contributed by atoms with Crippen LogP contribution in [0, 0.1) is 57.2 Å². The van der Waals surface area contributed by atoms with Crippen molar-refractivity contribution in [3.63, 3.8) is 0 Å². The Balaban J connectivity index is 1.13. The van der Waals surface area contributed by atoms with E-state index in [1.54, 1.807) is 13.8 Å². The molecule has 10 atom stereocenters. The molecule has 5 aliphatic carbocycles. The number of rotatable bonds is 11. The van der Waals surface area contributed by atoms with Gasteiger partial charge < -0.3 is 28.4 Å². The summed E-state index contributed by atoms with van der Waals surface area (Å²) in [6.07, 6.45) is 7.81. The molecule has 348 valence electrons. The molecule has 8 rings (SSSR count). The molecule has 2 aromatic carbocycles. The zero-order valence-electron chi connectivity index (χ0n) is 39.2. The van der Waals surface area contributed by atoms with Crippen molar-refractivity contribution in [2.45, 2.75) is 138 Å². The van der Waals surface area contributed by atoms with E-state index in [4.69, 9.17) is 23.0 Å². The van der Waals surface area contributed by atoms with Crippen LogP contribution in [0.1, 0.15) is 141 Å². The first-order chi connectivity index (χ1) is 30.8. The molecule has 0 bridgehead atoms. The molecule has 1 amide bonds. The molecular weight excluding hydrogens is 827 g/mol. The molecule has 1 N–H and O–H groups in total. The van der Waals surface area contributed by atoms with E-state index in [9.17, 15) is 24.0 Å². The van der Waals surface area contributed by atoms with Gasteiger partial charge in [-0.15, -0.1) is 0 Å². The summed E-state index contributed by atoms with van der Waals surface area (Å²) in [5.41, 5.74) is -0.775. The Morgan fingerprint density at radius 1 is 0.815 bits per heavy atom. The van der Waals surface area contributed by atoms with Gasteiger partial charge in [0.15, 0.2) is 30.0 Å². The average Bonchev–Trinajstić information content (AvgIpc) is 3.61. The predicted molar refractivity (Wildman–Crippen MR) is 240 cm³/mol. The first kappa shape index (κ1) is 46.3. The second-order valence-electron chi connectivity index (χ2n) is 21.2. The van der Waals surface area contributed by atoms with E-state index < -0.39 is 75.7 Å². The average molecular weight is 892 g/mol. The number of esters is 3. The Morgan fingerprint density at radius 2 is 1.46 bits per heavy atom. The van der Waals surface area contributed by atoms with E-state index in [0.717, 1.165) is 36.8 Å². The van der Waals surface area contributed by atoms with Crippen LogP contribution in [0.5, 0.6) is 0 Å². The third kappa shape index (κ3) is 7.50. The molecule has 12 nitrogen and oxygen atoms in total. The van der Waals surface area contributed by atoms with Crippen LogP contribution < -0.4 is 11.1 Å². The third-order valence-corrected chi connectivity index (χ3v) is 17.9. The molecule has 0 radical (unpaired) electrons. The fourth-order valence-electron chi connectivity index (χ4n) is 14.2. The summed E-state index contributed by atoms with van der Waals surface area (Å²) < 4.78 is 27.5. The summed E-state index contributed by atoms with van der Waals surface area (Å²) in [4.78, 5) is 82.2. The number of ketones is 1. The third-order valence-electron chi connectivity index (χ3n) is 17.9. The number of fused-ring (bicyclic) bond motifs is 7. The van der Waals surface area contributed by atoms with Gasteiger partial charge in [-0.1, -0.05) is 93.9 Å². The Kier molecular flexibility index (Phi) is 12.0. The Hall–Kier alpha value is -5.26. The minimum atomic E-state index is -1.34. The molecule has 1 aromatic heterocycles. The van der Waals surface area contributed by atoms with Gasteiger partial charge in [-0.3, -0.25) is 24.0 Å². The lowest BCUT2D eigenvalue weighted by Gasteiger charge is -2.71. The highest BCUT2D eigenvalue weighted by molar-refractivity contribution is 5.96. The van der Waals surface area contributed by atoms with Crippen LogP contribution in [-0.2, 0) is 44.8 Å². The van der Waals surface area contributed by atoms with Gasteiger partial charge in [0.2, 0.25) is 5.91 Å². The number of ether oxygens (including phenoxy) is 3. The summed E-state index contributed by atoms with van der Waals surface area (Å²) >= 11 is 0. The standard InChI is InChI=1S/C53H65NO11/c1-9-53-27-26-48(3)24-25-49(4,45(58)65-43(33-16-12-10-13-17-33)34-18-14-11-15-19-34)30-36(48)35(53)28-37(55)44-50(5)22-21-40(54-41(56)29-42(57)61-8)52(7,39(50)20-23-51(44,53)6)46(59)62-31-38-32(2)63-47(60)64-38/h10-19,28,36,39-40,43-44H,9,20-27,29-31H2,1-8H3,(H,54,56)/t36-,39?,40-,44+,48+,49-,50-,51+,52-,53+/m0/s1. The van der Waals surface area contributed by atoms with Crippen molar-refractivity contribution in [1.29, 1.82) is 0 Å². The zero-order valence-corrected chi connectivity index (χ0v) is 39.2. The fraction of sp³-hybridized carbons (Fsp3) is 0.585. The number of nitrogens with one attached hydrogen (secondary N) is 1. The van der Waals surface area contributed by atoms with Crippen LogP contribution in [0.2, 0.25) is 0 Å². The quantitative estimate of drug-likeness (QED) is 0.111. The van der Waals surface area contributed by atoms with Crippen LogP contribution in [0.15, 0.2) is 85.9 Å². The lowest BCUT2D eigenvalue weighted by molar-refractivity contribution is -0.208. The van der Waals surface area contributed by atoms with Gasteiger partial charge >= 0.3 is 23.7 Å². The Bertz CT molecular complexity index is 2400. The molecule has 65 heavy (non-hydrogen) atoms. The largest absolute Gasteiger partial charge is 0.519 e. The van der Waals surface area contributed by atoms with Gasteiger partial charge in [0.25, 0.3) is 0 Å². The zero-order chi connectivity index (χ0) is 46.7. The molecule has 0 saturated heterocycles. The van der Waals surface area contributed by atoms with E-state index in [2.05, 4.69) is 39.9 Å². The topological polar surface area (TPSA) is 168 Å². The highest BCUT2D eigenvalue weighted by atomic mass is 16.6. The van der Waals surface area contributed by atoms with Crippen molar-refractivity contribution in [3.8, 4) is 0 Å². The minimum Gasteiger partial charge on any atom is -0.469 e. The highest BCUT2D eigenvalue weighted by Gasteiger charge is 2.73.